The number of rotatable bonds is 8. The molecular weight excluding hydrogens is 368 g/mol. The van der Waals surface area contributed by atoms with Crippen LogP contribution in [0.2, 0.25) is 0 Å². The maximum atomic E-state index is 11.7. The number of aromatic amines is 1. The van der Waals surface area contributed by atoms with Gasteiger partial charge in [0.15, 0.2) is 5.16 Å². The minimum absolute atomic E-state index is 0.0874. The summed E-state index contributed by atoms with van der Waals surface area (Å²) in [5.74, 6) is -0.358. The number of H-pyrrole nitrogens is 1. The quantitative estimate of drug-likeness (QED) is 0.352. The van der Waals surface area contributed by atoms with Crippen molar-refractivity contribution in [2.45, 2.75) is 18.2 Å². The van der Waals surface area contributed by atoms with Gasteiger partial charge in [0.05, 0.1) is 23.2 Å². The molecule has 2 rings (SSSR count). The molecule has 10 nitrogen and oxygen atoms in total. The Balaban J connectivity index is 2.05. The number of hydrogen-bond acceptors (Lipinski definition) is 8. The number of nitrogens with zero attached hydrogens (tertiary/aromatic N) is 1. The fourth-order valence-corrected chi connectivity index (χ4v) is 2.84. The molecule has 0 radical (unpaired) electrons. The lowest BCUT2D eigenvalue weighted by molar-refractivity contribution is 0.0140. The van der Waals surface area contributed by atoms with E-state index in [1.54, 1.807) is 25.1 Å². The first-order valence-corrected chi connectivity index (χ1v) is 8.42. The number of carbonyl (C=O) groups is 3. The molecule has 0 aliphatic heterocycles. The molecule has 0 bridgehead atoms. The summed E-state index contributed by atoms with van der Waals surface area (Å²) in [6.07, 6.45) is -4.05. The minimum Gasteiger partial charge on any atom is -0.462 e. The summed E-state index contributed by atoms with van der Waals surface area (Å²) in [7, 11) is 0. The number of carbonyl (C=O) groups excluding carboxylic acids is 1. The predicted molar refractivity (Wildman–Crippen MR) is 89.6 cm³/mol. The number of imidazole rings is 1. The Hall–Kier alpha value is -2.95. The number of thioether (sulfide) groups is 1. The molecule has 0 aliphatic carbocycles. The second-order valence-electron chi connectivity index (χ2n) is 4.89. The summed E-state index contributed by atoms with van der Waals surface area (Å²) < 4.78 is 13.9. The lowest BCUT2D eigenvalue weighted by Gasteiger charge is -2.13. The molecule has 11 heteroatoms. The molecule has 0 amide bonds. The van der Waals surface area contributed by atoms with Crippen LogP contribution in [-0.4, -0.2) is 63.5 Å². The summed E-state index contributed by atoms with van der Waals surface area (Å²) in [5.41, 5.74) is 1.59. The molecule has 1 aromatic heterocycles. The topological polar surface area (TPSA) is 148 Å². The molecular formula is C15H16N2O8S. The van der Waals surface area contributed by atoms with E-state index < -0.39 is 31.0 Å². The van der Waals surface area contributed by atoms with Crippen LogP contribution in [0.25, 0.3) is 11.0 Å². The van der Waals surface area contributed by atoms with Crippen LogP contribution < -0.4 is 0 Å². The molecule has 0 saturated heterocycles. The third kappa shape index (κ3) is 5.55. The summed E-state index contributed by atoms with van der Waals surface area (Å²) in [5, 5.41) is 17.6. The minimum atomic E-state index is -1.53. The van der Waals surface area contributed by atoms with Gasteiger partial charge in [0.1, 0.15) is 12.7 Å². The van der Waals surface area contributed by atoms with Gasteiger partial charge in [-0.05, 0) is 25.1 Å². The average molecular weight is 384 g/mol. The van der Waals surface area contributed by atoms with Gasteiger partial charge in [0.2, 0.25) is 0 Å². The lowest BCUT2D eigenvalue weighted by atomic mass is 10.2. The molecule has 1 unspecified atom stereocenters. The van der Waals surface area contributed by atoms with Crippen molar-refractivity contribution >= 4 is 41.1 Å². The van der Waals surface area contributed by atoms with Crippen molar-refractivity contribution in [3.8, 4) is 0 Å². The first kappa shape index (κ1) is 19.4. The van der Waals surface area contributed by atoms with Crippen molar-refractivity contribution in [1.82, 2.24) is 9.97 Å². The zero-order valence-corrected chi connectivity index (χ0v) is 14.4. The Morgan fingerprint density at radius 2 is 2.00 bits per heavy atom. The second-order valence-corrected chi connectivity index (χ2v) is 5.90. The van der Waals surface area contributed by atoms with Crippen LogP contribution in [0.5, 0.6) is 0 Å². The fraction of sp³-hybridized carbons (Fsp3) is 0.333. The van der Waals surface area contributed by atoms with E-state index in [-0.39, 0.29) is 12.4 Å². The second kappa shape index (κ2) is 8.94. The van der Waals surface area contributed by atoms with Gasteiger partial charge in [0, 0.05) is 5.75 Å². The highest BCUT2D eigenvalue weighted by atomic mass is 32.2. The van der Waals surface area contributed by atoms with Gasteiger partial charge in [-0.1, -0.05) is 11.8 Å². The van der Waals surface area contributed by atoms with Crippen molar-refractivity contribution in [3.63, 3.8) is 0 Å². The number of aromatic nitrogens is 2. The first-order valence-electron chi connectivity index (χ1n) is 7.44. The van der Waals surface area contributed by atoms with Gasteiger partial charge in [-0.25, -0.2) is 19.4 Å². The van der Waals surface area contributed by atoms with Crippen molar-refractivity contribution in [2.75, 3.05) is 19.0 Å². The van der Waals surface area contributed by atoms with Gasteiger partial charge < -0.3 is 29.4 Å². The van der Waals surface area contributed by atoms with Gasteiger partial charge in [0.25, 0.3) is 0 Å². The Kier molecular flexibility index (Phi) is 6.67. The molecule has 1 heterocycles. The largest absolute Gasteiger partial charge is 0.506 e. The van der Waals surface area contributed by atoms with E-state index in [9.17, 15) is 14.4 Å². The maximum Gasteiger partial charge on any atom is 0.506 e. The molecule has 0 saturated carbocycles. The van der Waals surface area contributed by atoms with Crippen LogP contribution in [0, 0.1) is 0 Å². The first-order chi connectivity index (χ1) is 12.4. The highest BCUT2D eigenvalue weighted by Gasteiger charge is 2.18. The Morgan fingerprint density at radius 3 is 2.65 bits per heavy atom. The van der Waals surface area contributed by atoms with Crippen LogP contribution in [0.3, 0.4) is 0 Å². The van der Waals surface area contributed by atoms with E-state index >= 15 is 0 Å². The molecule has 140 valence electrons. The third-order valence-corrected chi connectivity index (χ3v) is 4.04. The molecule has 0 spiro atoms. The predicted octanol–water partition coefficient (Wildman–Crippen LogP) is 2.59. The lowest BCUT2D eigenvalue weighted by Crippen LogP contribution is -2.26. The standard InChI is InChI=1S/C15H16N2O8S/c1-2-23-12(18)8-3-4-10-11(5-8)17-13(16-10)26-7-9(25-15(21)22)6-24-14(19)20/h3-5,9H,2,6-7H2,1H3,(H,16,17)(H,19,20)(H,21,22). The highest BCUT2D eigenvalue weighted by molar-refractivity contribution is 7.99. The van der Waals surface area contributed by atoms with Crippen molar-refractivity contribution in [3.05, 3.63) is 23.8 Å². The zero-order chi connectivity index (χ0) is 19.1. The van der Waals surface area contributed by atoms with Gasteiger partial charge in [-0.3, -0.25) is 0 Å². The van der Waals surface area contributed by atoms with Crippen molar-refractivity contribution < 1.29 is 38.8 Å². The Morgan fingerprint density at radius 1 is 1.23 bits per heavy atom. The van der Waals surface area contributed by atoms with E-state index in [0.29, 0.717) is 21.8 Å². The van der Waals surface area contributed by atoms with Crippen molar-refractivity contribution in [1.29, 1.82) is 0 Å². The molecule has 26 heavy (non-hydrogen) atoms. The van der Waals surface area contributed by atoms with E-state index in [1.165, 1.54) is 0 Å². The number of ether oxygens (including phenoxy) is 3. The maximum absolute atomic E-state index is 11.7. The highest BCUT2D eigenvalue weighted by Crippen LogP contribution is 2.22. The van der Waals surface area contributed by atoms with E-state index in [1.807, 2.05) is 0 Å². The monoisotopic (exact) mass is 384 g/mol. The van der Waals surface area contributed by atoms with Crippen molar-refractivity contribution in [2.24, 2.45) is 0 Å². The summed E-state index contributed by atoms with van der Waals surface area (Å²) in [6.45, 7) is 1.55. The van der Waals surface area contributed by atoms with Gasteiger partial charge in [-0.15, -0.1) is 0 Å². The number of esters is 1. The molecule has 0 aliphatic rings. The van der Waals surface area contributed by atoms with Crippen LogP contribution in [0.15, 0.2) is 23.4 Å². The smallest absolute Gasteiger partial charge is 0.462 e. The molecule has 1 atom stereocenters. The molecule has 0 fully saturated rings. The molecule has 1 aromatic carbocycles. The number of hydrogen-bond donors (Lipinski definition) is 3. The Labute approximate surface area is 151 Å². The summed E-state index contributed by atoms with van der Waals surface area (Å²) in [6, 6.07) is 4.84. The normalized spacial score (nSPS) is 11.7. The molecule has 3 N–H and O–H groups in total. The molecule has 2 aromatic rings. The SMILES string of the molecule is CCOC(=O)c1ccc2nc(SCC(COC(=O)O)OC(=O)O)[nH]c2c1. The van der Waals surface area contributed by atoms with Crippen LogP contribution >= 0.6 is 11.8 Å². The number of benzene rings is 1. The van der Waals surface area contributed by atoms with Gasteiger partial charge >= 0.3 is 18.3 Å². The van der Waals surface area contributed by atoms with E-state index in [2.05, 4.69) is 19.4 Å². The number of carboxylic acid groups (broad SMARTS) is 2. The third-order valence-electron chi connectivity index (χ3n) is 3.04. The average Bonchev–Trinajstić information content (AvgIpc) is 2.99. The summed E-state index contributed by atoms with van der Waals surface area (Å²) >= 11 is 1.13. The van der Waals surface area contributed by atoms with Crippen LogP contribution in [0.4, 0.5) is 9.59 Å². The summed E-state index contributed by atoms with van der Waals surface area (Å²) in [4.78, 5) is 40.1. The number of fused-ring (bicyclic) bond motifs is 1. The number of nitrogens with one attached hydrogen (secondary N) is 1. The van der Waals surface area contributed by atoms with E-state index in [4.69, 9.17) is 14.9 Å². The van der Waals surface area contributed by atoms with Gasteiger partial charge in [-0.2, -0.15) is 0 Å². The van der Waals surface area contributed by atoms with Crippen LogP contribution in [0.1, 0.15) is 17.3 Å². The fourth-order valence-electron chi connectivity index (χ4n) is 1.99. The Bertz CT molecular complexity index is 806. The van der Waals surface area contributed by atoms with E-state index in [0.717, 1.165) is 11.8 Å². The van der Waals surface area contributed by atoms with Crippen LogP contribution in [-0.2, 0) is 14.2 Å². The zero-order valence-electron chi connectivity index (χ0n) is 13.6.